The summed E-state index contributed by atoms with van der Waals surface area (Å²) in [6.45, 7) is 2.68. The highest BCUT2D eigenvalue weighted by atomic mass is 79.9. The average Bonchev–Trinajstić information content (AvgIpc) is 3.54. The normalized spacial score (nSPS) is 16.4. The van der Waals surface area contributed by atoms with Gasteiger partial charge >= 0.3 is 5.91 Å². The van der Waals surface area contributed by atoms with E-state index in [-0.39, 0.29) is 16.5 Å². The summed E-state index contributed by atoms with van der Waals surface area (Å²) in [4.78, 5) is 28.2. The van der Waals surface area contributed by atoms with Crippen LogP contribution in [0.4, 0.5) is 5.13 Å². The van der Waals surface area contributed by atoms with Crippen LogP contribution in [-0.4, -0.2) is 33.6 Å². The van der Waals surface area contributed by atoms with Crippen molar-refractivity contribution < 1.29 is 19.4 Å². The number of hydrogen-bond donors (Lipinski definition) is 1. The van der Waals surface area contributed by atoms with E-state index >= 15 is 0 Å². The zero-order valence-electron chi connectivity index (χ0n) is 21.9. The van der Waals surface area contributed by atoms with Crippen LogP contribution in [0, 0.1) is 0 Å². The van der Waals surface area contributed by atoms with E-state index in [9.17, 15) is 14.7 Å². The first kappa shape index (κ1) is 29.3. The van der Waals surface area contributed by atoms with Crippen LogP contribution in [0.15, 0.2) is 87.2 Å². The Morgan fingerprint density at radius 3 is 2.61 bits per heavy atom. The summed E-state index contributed by atoms with van der Waals surface area (Å²) in [5, 5.41) is 20.8. The van der Waals surface area contributed by atoms with E-state index in [4.69, 9.17) is 16.3 Å². The molecule has 1 aliphatic rings. The molecule has 3 aromatic carbocycles. The molecule has 41 heavy (non-hydrogen) atoms. The van der Waals surface area contributed by atoms with Crippen molar-refractivity contribution in [3.05, 3.63) is 105 Å². The fourth-order valence-corrected chi connectivity index (χ4v) is 6.90. The van der Waals surface area contributed by atoms with Crippen LogP contribution in [0.2, 0.25) is 5.02 Å². The van der Waals surface area contributed by atoms with Crippen molar-refractivity contribution in [2.75, 3.05) is 11.5 Å². The molecule has 11 heteroatoms. The number of Topliss-reactive ketones (excluding diaryl/α,β-unsaturated/α-hetero) is 1. The number of anilines is 1. The second-order valence-corrected chi connectivity index (χ2v) is 12.7. The number of carbonyl (C=O) groups is 2. The van der Waals surface area contributed by atoms with Gasteiger partial charge in [0.15, 0.2) is 4.34 Å². The fraction of sp³-hybridized carbons (Fsp3) is 0.200. The Labute approximate surface area is 259 Å². The van der Waals surface area contributed by atoms with Gasteiger partial charge in [-0.3, -0.25) is 14.5 Å². The van der Waals surface area contributed by atoms with Crippen LogP contribution in [0.5, 0.6) is 5.75 Å². The van der Waals surface area contributed by atoms with Gasteiger partial charge in [0.2, 0.25) is 5.13 Å². The molecule has 2 heterocycles. The Kier molecular flexibility index (Phi) is 9.44. The van der Waals surface area contributed by atoms with E-state index in [0.29, 0.717) is 38.6 Å². The van der Waals surface area contributed by atoms with Crippen molar-refractivity contribution in [1.82, 2.24) is 10.2 Å². The monoisotopic (exact) mass is 669 g/mol. The Morgan fingerprint density at radius 2 is 1.88 bits per heavy atom. The maximum atomic E-state index is 13.5. The zero-order valence-corrected chi connectivity index (χ0v) is 25.9. The first-order valence-electron chi connectivity index (χ1n) is 12.9. The predicted octanol–water partition coefficient (Wildman–Crippen LogP) is 8.05. The summed E-state index contributed by atoms with van der Waals surface area (Å²) >= 11 is 12.4. The lowest BCUT2D eigenvalue weighted by atomic mass is 9.95. The highest BCUT2D eigenvalue weighted by Crippen LogP contribution is 2.44. The SMILES string of the molecule is CCCCOc1ccc(C(O)=C2C(=O)C(=O)N(c3nnc(SCc4ccccc4Cl)s3)[C@H]2c2cccc(Br)c2)cc1. The molecule has 1 aromatic heterocycles. The number of ketones is 1. The van der Waals surface area contributed by atoms with Gasteiger partial charge in [-0.25, -0.2) is 0 Å². The van der Waals surface area contributed by atoms with Gasteiger partial charge in [0.05, 0.1) is 18.2 Å². The topological polar surface area (TPSA) is 92.6 Å². The zero-order chi connectivity index (χ0) is 28.9. The van der Waals surface area contributed by atoms with E-state index in [1.807, 2.05) is 42.5 Å². The number of aliphatic hydroxyl groups is 1. The Balaban J connectivity index is 1.49. The molecule has 0 spiro atoms. The summed E-state index contributed by atoms with van der Waals surface area (Å²) in [6, 6.07) is 20.8. The quantitative estimate of drug-likeness (QED) is 0.0456. The van der Waals surface area contributed by atoms with Crippen LogP contribution in [-0.2, 0) is 15.3 Å². The molecular formula is C30H25BrClN3O4S2. The number of ether oxygens (including phenoxy) is 1. The highest BCUT2D eigenvalue weighted by molar-refractivity contribution is 9.10. The summed E-state index contributed by atoms with van der Waals surface area (Å²) in [5.74, 6) is -0.616. The number of hydrogen-bond acceptors (Lipinski definition) is 8. The highest BCUT2D eigenvalue weighted by Gasteiger charge is 2.48. The third-order valence-corrected chi connectivity index (χ3v) is 9.38. The smallest absolute Gasteiger partial charge is 0.301 e. The van der Waals surface area contributed by atoms with E-state index < -0.39 is 17.7 Å². The average molecular weight is 671 g/mol. The van der Waals surface area contributed by atoms with Crippen LogP contribution in [0.1, 0.15) is 42.5 Å². The molecule has 1 N–H and O–H groups in total. The largest absolute Gasteiger partial charge is 0.507 e. The molecule has 1 aliphatic heterocycles. The van der Waals surface area contributed by atoms with Gasteiger partial charge in [-0.05, 0) is 60.0 Å². The molecule has 0 saturated carbocycles. The molecule has 5 rings (SSSR count). The Bertz CT molecular complexity index is 1610. The van der Waals surface area contributed by atoms with Crippen molar-refractivity contribution in [2.24, 2.45) is 0 Å². The second kappa shape index (κ2) is 13.2. The number of carbonyl (C=O) groups excluding carboxylic acids is 2. The summed E-state index contributed by atoms with van der Waals surface area (Å²) in [5.41, 5.74) is 1.97. The van der Waals surface area contributed by atoms with E-state index in [1.54, 1.807) is 30.3 Å². The molecule has 0 aliphatic carbocycles. The van der Waals surface area contributed by atoms with Crippen LogP contribution in [0.25, 0.3) is 5.76 Å². The third kappa shape index (κ3) is 6.51. The molecule has 0 unspecified atom stereocenters. The molecule has 1 atom stereocenters. The van der Waals surface area contributed by atoms with Crippen LogP contribution in [0.3, 0.4) is 0 Å². The first-order valence-corrected chi connectivity index (χ1v) is 15.8. The minimum atomic E-state index is -0.901. The molecule has 1 saturated heterocycles. The summed E-state index contributed by atoms with van der Waals surface area (Å²) in [6.07, 6.45) is 1.95. The summed E-state index contributed by atoms with van der Waals surface area (Å²) < 4.78 is 7.11. The second-order valence-electron chi connectivity index (χ2n) is 9.18. The molecule has 4 aromatic rings. The van der Waals surface area contributed by atoms with Crippen molar-refractivity contribution >= 4 is 73.2 Å². The standard InChI is InChI=1S/C30H25BrClN3O4S2/c1-2-3-15-39-22-13-11-18(12-14-22)26(36)24-25(19-8-6-9-21(31)16-19)35(28(38)27(24)37)29-33-34-30(41-29)40-17-20-7-4-5-10-23(20)32/h4-14,16,25,36H,2-3,15,17H2,1H3/t25-/m0/s1. The van der Waals surface area contributed by atoms with Crippen LogP contribution < -0.4 is 9.64 Å². The Hall–Kier alpha value is -3.18. The van der Waals surface area contributed by atoms with Crippen molar-refractivity contribution in [3.63, 3.8) is 0 Å². The van der Waals surface area contributed by atoms with Gasteiger partial charge in [-0.1, -0.05) is 94.3 Å². The lowest BCUT2D eigenvalue weighted by Crippen LogP contribution is -2.29. The van der Waals surface area contributed by atoms with Gasteiger partial charge in [-0.15, -0.1) is 10.2 Å². The van der Waals surface area contributed by atoms with E-state index in [0.717, 1.165) is 22.9 Å². The van der Waals surface area contributed by atoms with Gasteiger partial charge in [0.25, 0.3) is 5.78 Å². The van der Waals surface area contributed by atoms with Gasteiger partial charge in [0.1, 0.15) is 11.5 Å². The molecule has 7 nitrogen and oxygen atoms in total. The molecular weight excluding hydrogens is 646 g/mol. The number of aromatic nitrogens is 2. The van der Waals surface area contributed by atoms with Crippen molar-refractivity contribution in [2.45, 2.75) is 35.9 Å². The van der Waals surface area contributed by atoms with Gasteiger partial charge in [0, 0.05) is 20.8 Å². The summed E-state index contributed by atoms with van der Waals surface area (Å²) in [7, 11) is 0. The van der Waals surface area contributed by atoms with E-state index in [1.165, 1.54) is 28.0 Å². The van der Waals surface area contributed by atoms with Crippen LogP contribution >= 0.6 is 50.6 Å². The molecule has 0 radical (unpaired) electrons. The molecule has 1 fully saturated rings. The minimum absolute atomic E-state index is 0.0202. The number of halogens is 2. The van der Waals surface area contributed by atoms with E-state index in [2.05, 4.69) is 33.1 Å². The third-order valence-electron chi connectivity index (χ3n) is 6.41. The number of nitrogens with zero attached hydrogens (tertiary/aromatic N) is 3. The predicted molar refractivity (Wildman–Crippen MR) is 167 cm³/mol. The maximum absolute atomic E-state index is 13.5. The lowest BCUT2D eigenvalue weighted by Gasteiger charge is -2.22. The molecule has 210 valence electrons. The maximum Gasteiger partial charge on any atom is 0.301 e. The number of unbranched alkanes of at least 4 members (excludes halogenated alkanes) is 1. The lowest BCUT2D eigenvalue weighted by molar-refractivity contribution is -0.132. The van der Waals surface area contributed by atoms with Crippen molar-refractivity contribution in [1.29, 1.82) is 0 Å². The Morgan fingerprint density at radius 1 is 1.10 bits per heavy atom. The first-order chi connectivity index (χ1) is 19.9. The van der Waals surface area contributed by atoms with Gasteiger partial charge < -0.3 is 9.84 Å². The number of benzene rings is 3. The minimum Gasteiger partial charge on any atom is -0.507 e. The van der Waals surface area contributed by atoms with Gasteiger partial charge in [-0.2, -0.15) is 0 Å². The number of amides is 1. The molecule has 0 bridgehead atoms. The number of thioether (sulfide) groups is 1. The van der Waals surface area contributed by atoms with Crippen molar-refractivity contribution in [3.8, 4) is 5.75 Å². The number of aliphatic hydroxyl groups excluding tert-OH is 1. The number of rotatable bonds is 10. The molecule has 1 amide bonds. The fourth-order valence-electron chi connectivity index (χ4n) is 4.33.